The Kier molecular flexibility index (Phi) is 6.15. The quantitative estimate of drug-likeness (QED) is 0.781. The van der Waals surface area contributed by atoms with Crippen LogP contribution in [0.2, 0.25) is 5.02 Å². The zero-order valence-electron chi connectivity index (χ0n) is 9.92. The molecule has 94 valence electrons. The number of amides is 1. The third-order valence-corrected chi connectivity index (χ3v) is 3.14. The number of carbonyl (C=O) groups is 1. The van der Waals surface area contributed by atoms with Gasteiger partial charge in [-0.2, -0.15) is 11.8 Å². The second kappa shape index (κ2) is 7.40. The van der Waals surface area contributed by atoms with E-state index in [1.54, 1.807) is 24.9 Å². The minimum atomic E-state index is -0.136. The fourth-order valence-electron chi connectivity index (χ4n) is 1.27. The summed E-state index contributed by atoms with van der Waals surface area (Å²) in [6.07, 6.45) is 4.52. The van der Waals surface area contributed by atoms with Crippen LogP contribution in [-0.2, 0) is 0 Å². The summed E-state index contributed by atoms with van der Waals surface area (Å²) in [7, 11) is 1.73. The van der Waals surface area contributed by atoms with Crippen molar-refractivity contribution in [1.29, 1.82) is 0 Å². The number of halogens is 1. The van der Waals surface area contributed by atoms with Crippen LogP contribution in [0.3, 0.4) is 0 Å². The van der Waals surface area contributed by atoms with Crippen LogP contribution in [0.4, 0.5) is 5.82 Å². The minimum Gasteiger partial charge on any atom is -0.372 e. The predicted molar refractivity (Wildman–Crippen MR) is 74.1 cm³/mol. The first-order valence-corrected chi connectivity index (χ1v) is 7.06. The highest BCUT2D eigenvalue weighted by molar-refractivity contribution is 7.98. The molecule has 0 aliphatic rings. The smallest absolute Gasteiger partial charge is 0.252 e. The van der Waals surface area contributed by atoms with Crippen molar-refractivity contribution in [3.05, 3.63) is 22.8 Å². The lowest BCUT2D eigenvalue weighted by molar-refractivity contribution is 0.0953. The van der Waals surface area contributed by atoms with Crippen LogP contribution in [0.1, 0.15) is 16.8 Å². The second-order valence-electron chi connectivity index (χ2n) is 3.41. The second-order valence-corrected chi connectivity index (χ2v) is 4.80. The van der Waals surface area contributed by atoms with Crippen LogP contribution in [0, 0.1) is 0 Å². The van der Waals surface area contributed by atoms with Crippen molar-refractivity contribution in [2.75, 3.05) is 30.9 Å². The lowest BCUT2D eigenvalue weighted by Crippen LogP contribution is -2.25. The van der Waals surface area contributed by atoms with E-state index in [0.29, 0.717) is 22.9 Å². The van der Waals surface area contributed by atoms with Gasteiger partial charge in [0.05, 0.1) is 10.6 Å². The zero-order valence-corrected chi connectivity index (χ0v) is 11.5. The van der Waals surface area contributed by atoms with Gasteiger partial charge in [-0.3, -0.25) is 4.79 Å². The number of nitrogens with zero attached hydrogens (tertiary/aromatic N) is 1. The first-order chi connectivity index (χ1) is 8.19. The summed E-state index contributed by atoms with van der Waals surface area (Å²) in [5.41, 5.74) is 0.484. The molecule has 0 saturated heterocycles. The van der Waals surface area contributed by atoms with E-state index in [9.17, 15) is 4.79 Å². The molecule has 0 saturated carbocycles. The fourth-order valence-corrected chi connectivity index (χ4v) is 1.96. The number of carbonyl (C=O) groups excluding carboxylic acids is 1. The van der Waals surface area contributed by atoms with Crippen LogP contribution < -0.4 is 10.6 Å². The summed E-state index contributed by atoms with van der Waals surface area (Å²) in [6, 6.07) is 1.62. The molecule has 6 heteroatoms. The fraction of sp³-hybridized carbons (Fsp3) is 0.455. The Labute approximate surface area is 111 Å². The number of thioether (sulfide) groups is 1. The van der Waals surface area contributed by atoms with Gasteiger partial charge in [0.2, 0.25) is 0 Å². The van der Waals surface area contributed by atoms with Crippen molar-refractivity contribution in [2.24, 2.45) is 0 Å². The Morgan fingerprint density at radius 2 is 2.35 bits per heavy atom. The molecule has 0 bridgehead atoms. The maximum Gasteiger partial charge on any atom is 0.252 e. The number of pyridine rings is 1. The van der Waals surface area contributed by atoms with Crippen molar-refractivity contribution in [3.8, 4) is 0 Å². The van der Waals surface area contributed by atoms with E-state index in [2.05, 4.69) is 15.6 Å². The van der Waals surface area contributed by atoms with Gasteiger partial charge < -0.3 is 10.6 Å². The van der Waals surface area contributed by atoms with E-state index in [0.717, 1.165) is 12.2 Å². The molecule has 0 aliphatic carbocycles. The number of anilines is 1. The molecule has 1 aromatic heterocycles. The van der Waals surface area contributed by atoms with E-state index in [1.165, 1.54) is 6.20 Å². The molecular formula is C11H16ClN3OS. The van der Waals surface area contributed by atoms with Crippen molar-refractivity contribution in [2.45, 2.75) is 6.42 Å². The standard InChI is InChI=1S/C11H16ClN3OS/c1-13-10-9(12)6-8(7-15-10)11(16)14-4-3-5-17-2/h6-7H,3-5H2,1-2H3,(H,13,15)(H,14,16). The van der Waals surface area contributed by atoms with E-state index in [-0.39, 0.29) is 5.91 Å². The van der Waals surface area contributed by atoms with Crippen LogP contribution in [-0.4, -0.2) is 36.5 Å². The van der Waals surface area contributed by atoms with Crippen LogP contribution in [0.15, 0.2) is 12.3 Å². The van der Waals surface area contributed by atoms with Crippen molar-refractivity contribution >= 4 is 35.1 Å². The Morgan fingerprint density at radius 1 is 1.59 bits per heavy atom. The molecule has 0 unspecified atom stereocenters. The Balaban J connectivity index is 2.54. The number of nitrogens with one attached hydrogen (secondary N) is 2. The molecule has 2 N–H and O–H groups in total. The number of hydrogen-bond acceptors (Lipinski definition) is 4. The normalized spacial score (nSPS) is 10.1. The highest BCUT2D eigenvalue weighted by Crippen LogP contribution is 2.19. The van der Waals surface area contributed by atoms with E-state index in [4.69, 9.17) is 11.6 Å². The molecule has 0 aliphatic heterocycles. The first-order valence-electron chi connectivity index (χ1n) is 5.29. The molecule has 0 radical (unpaired) electrons. The molecule has 4 nitrogen and oxygen atoms in total. The molecule has 0 spiro atoms. The molecule has 0 fully saturated rings. The topological polar surface area (TPSA) is 54.0 Å². The highest BCUT2D eigenvalue weighted by Gasteiger charge is 2.08. The van der Waals surface area contributed by atoms with Crippen LogP contribution in [0.25, 0.3) is 0 Å². The number of hydrogen-bond donors (Lipinski definition) is 2. The summed E-state index contributed by atoms with van der Waals surface area (Å²) in [5, 5.41) is 6.12. The van der Waals surface area contributed by atoms with Gasteiger partial charge in [-0.1, -0.05) is 11.6 Å². The van der Waals surface area contributed by atoms with Crippen molar-refractivity contribution in [1.82, 2.24) is 10.3 Å². The van der Waals surface area contributed by atoms with Gasteiger partial charge in [0.15, 0.2) is 0 Å². The van der Waals surface area contributed by atoms with Gasteiger partial charge in [-0.15, -0.1) is 0 Å². The number of aromatic nitrogens is 1. The largest absolute Gasteiger partial charge is 0.372 e. The maximum atomic E-state index is 11.7. The van der Waals surface area contributed by atoms with Crippen molar-refractivity contribution in [3.63, 3.8) is 0 Å². The lowest BCUT2D eigenvalue weighted by atomic mass is 10.2. The Morgan fingerprint density at radius 3 is 2.94 bits per heavy atom. The van der Waals surface area contributed by atoms with Gasteiger partial charge >= 0.3 is 0 Å². The summed E-state index contributed by atoms with van der Waals surface area (Å²) >= 11 is 7.71. The Hall–Kier alpha value is -0.940. The molecular weight excluding hydrogens is 258 g/mol. The molecule has 0 aromatic carbocycles. The van der Waals surface area contributed by atoms with Gasteiger partial charge in [-0.05, 0) is 24.5 Å². The van der Waals surface area contributed by atoms with E-state index < -0.39 is 0 Å². The van der Waals surface area contributed by atoms with Crippen molar-refractivity contribution < 1.29 is 4.79 Å². The predicted octanol–water partition coefficient (Wildman–Crippen LogP) is 2.26. The van der Waals surface area contributed by atoms with E-state index in [1.807, 2.05) is 6.26 Å². The number of rotatable bonds is 6. The van der Waals surface area contributed by atoms with Gasteiger partial charge in [0, 0.05) is 19.8 Å². The van der Waals surface area contributed by atoms with E-state index >= 15 is 0 Å². The van der Waals surface area contributed by atoms with Gasteiger partial charge in [0.25, 0.3) is 5.91 Å². The third-order valence-electron chi connectivity index (χ3n) is 2.15. The molecule has 1 heterocycles. The SMILES string of the molecule is CNc1ncc(C(=O)NCCCSC)cc1Cl. The summed E-state index contributed by atoms with van der Waals surface area (Å²) in [6.45, 7) is 0.672. The monoisotopic (exact) mass is 273 g/mol. The van der Waals surface area contributed by atoms with Crippen LogP contribution >= 0.6 is 23.4 Å². The Bertz CT molecular complexity index is 387. The lowest BCUT2D eigenvalue weighted by Gasteiger charge is -2.06. The average Bonchev–Trinajstić information content (AvgIpc) is 2.34. The molecule has 1 aromatic rings. The maximum absolute atomic E-state index is 11.7. The molecule has 17 heavy (non-hydrogen) atoms. The summed E-state index contributed by atoms with van der Waals surface area (Å²) in [4.78, 5) is 15.8. The van der Waals surface area contributed by atoms with Gasteiger partial charge in [0.1, 0.15) is 5.82 Å². The minimum absolute atomic E-state index is 0.136. The molecule has 1 amide bonds. The average molecular weight is 274 g/mol. The third kappa shape index (κ3) is 4.44. The highest BCUT2D eigenvalue weighted by atomic mass is 35.5. The van der Waals surface area contributed by atoms with Gasteiger partial charge in [-0.25, -0.2) is 4.98 Å². The zero-order chi connectivity index (χ0) is 12.7. The molecule has 0 atom stereocenters. The summed E-state index contributed by atoms with van der Waals surface area (Å²) < 4.78 is 0. The molecule has 1 rings (SSSR count). The first kappa shape index (κ1) is 14.1. The van der Waals surface area contributed by atoms with Crippen LogP contribution in [0.5, 0.6) is 0 Å². The summed E-state index contributed by atoms with van der Waals surface area (Å²) in [5.74, 6) is 1.48.